The standard InChI is InChI=1S/C26H26FN3O4S/c1-16-13-19(27)9-11-22(16)29-24(31)18-7-5-17(6-8-18)15-28-35(33,34)20-10-12-23-21(14-20)26(2,3)25(32)30(23)4/h5-14,28H,15H2,1-4H3,(H,29,31). The molecular weight excluding hydrogens is 469 g/mol. The lowest BCUT2D eigenvalue weighted by molar-refractivity contribution is -0.121. The Bertz CT molecular complexity index is 1430. The highest BCUT2D eigenvalue weighted by atomic mass is 32.2. The summed E-state index contributed by atoms with van der Waals surface area (Å²) in [4.78, 5) is 26.6. The lowest BCUT2D eigenvalue weighted by atomic mass is 9.86. The maximum atomic E-state index is 13.3. The summed E-state index contributed by atoms with van der Waals surface area (Å²) in [5, 5.41) is 2.74. The van der Waals surface area contributed by atoms with Crippen LogP contribution in [0.25, 0.3) is 0 Å². The number of nitrogens with one attached hydrogen (secondary N) is 2. The van der Waals surface area contributed by atoms with Crippen LogP contribution in [-0.2, 0) is 26.8 Å². The number of hydrogen-bond acceptors (Lipinski definition) is 4. The van der Waals surface area contributed by atoms with Gasteiger partial charge in [-0.3, -0.25) is 9.59 Å². The van der Waals surface area contributed by atoms with E-state index in [2.05, 4.69) is 10.0 Å². The molecule has 0 fully saturated rings. The highest BCUT2D eigenvalue weighted by Crippen LogP contribution is 2.41. The van der Waals surface area contributed by atoms with Crippen molar-refractivity contribution in [2.45, 2.75) is 37.6 Å². The molecule has 1 aliphatic rings. The van der Waals surface area contributed by atoms with Gasteiger partial charge in [-0.15, -0.1) is 0 Å². The molecule has 0 radical (unpaired) electrons. The fraction of sp³-hybridized carbons (Fsp3) is 0.231. The highest BCUT2D eigenvalue weighted by Gasteiger charge is 2.42. The fourth-order valence-corrected chi connectivity index (χ4v) is 5.16. The zero-order valence-corrected chi connectivity index (χ0v) is 20.7. The van der Waals surface area contributed by atoms with E-state index in [0.717, 1.165) is 0 Å². The Balaban J connectivity index is 1.44. The number of likely N-dealkylation sites (N-methyl/N-ethyl adjacent to an activating group) is 1. The first kappa shape index (κ1) is 24.6. The maximum absolute atomic E-state index is 13.3. The summed E-state index contributed by atoms with van der Waals surface area (Å²) in [5.41, 5.74) is 2.73. The van der Waals surface area contributed by atoms with Gasteiger partial charge in [-0.1, -0.05) is 12.1 Å². The van der Waals surface area contributed by atoms with Gasteiger partial charge in [-0.05, 0) is 86.0 Å². The summed E-state index contributed by atoms with van der Waals surface area (Å²) in [6.45, 7) is 5.28. The zero-order valence-electron chi connectivity index (χ0n) is 19.8. The van der Waals surface area contributed by atoms with Crippen LogP contribution in [0.15, 0.2) is 65.6 Å². The molecule has 0 spiro atoms. The first-order valence-electron chi connectivity index (χ1n) is 11.0. The summed E-state index contributed by atoms with van der Waals surface area (Å²) < 4.78 is 41.7. The summed E-state index contributed by atoms with van der Waals surface area (Å²) in [6, 6.07) is 15.3. The number of fused-ring (bicyclic) bond motifs is 1. The molecule has 4 rings (SSSR count). The predicted molar refractivity (Wildman–Crippen MR) is 132 cm³/mol. The molecule has 182 valence electrons. The summed E-state index contributed by atoms with van der Waals surface area (Å²) in [6.07, 6.45) is 0. The number of aryl methyl sites for hydroxylation is 1. The molecular formula is C26H26FN3O4S. The van der Waals surface area contributed by atoms with Crippen LogP contribution in [-0.4, -0.2) is 27.3 Å². The smallest absolute Gasteiger partial charge is 0.255 e. The molecule has 0 aliphatic carbocycles. The van der Waals surface area contributed by atoms with E-state index in [1.54, 1.807) is 64.2 Å². The van der Waals surface area contributed by atoms with Crippen molar-refractivity contribution in [3.8, 4) is 0 Å². The number of rotatable bonds is 6. The van der Waals surface area contributed by atoms with E-state index in [-0.39, 0.29) is 29.1 Å². The summed E-state index contributed by atoms with van der Waals surface area (Å²) >= 11 is 0. The van der Waals surface area contributed by atoms with Crippen LogP contribution in [0.5, 0.6) is 0 Å². The zero-order chi connectivity index (χ0) is 25.5. The van der Waals surface area contributed by atoms with Crippen LogP contribution in [0.1, 0.15) is 40.9 Å². The van der Waals surface area contributed by atoms with Crippen LogP contribution in [0.4, 0.5) is 15.8 Å². The molecule has 9 heteroatoms. The number of halogens is 1. The molecule has 0 bridgehead atoms. The van der Waals surface area contributed by atoms with E-state index < -0.39 is 15.4 Å². The minimum atomic E-state index is -3.83. The molecule has 0 unspecified atom stereocenters. The normalized spacial score (nSPS) is 14.7. The summed E-state index contributed by atoms with van der Waals surface area (Å²) in [7, 11) is -2.16. The molecule has 2 N–H and O–H groups in total. The van der Waals surface area contributed by atoms with Crippen LogP contribution >= 0.6 is 0 Å². The van der Waals surface area contributed by atoms with Crippen molar-refractivity contribution in [3.63, 3.8) is 0 Å². The largest absolute Gasteiger partial charge is 0.322 e. The Kier molecular flexibility index (Phi) is 6.25. The Hall–Kier alpha value is -3.56. The average molecular weight is 496 g/mol. The van der Waals surface area contributed by atoms with Gasteiger partial charge in [0.2, 0.25) is 15.9 Å². The number of nitrogens with zero attached hydrogens (tertiary/aromatic N) is 1. The number of carbonyl (C=O) groups excluding carboxylic acids is 2. The first-order chi connectivity index (χ1) is 16.4. The minimum Gasteiger partial charge on any atom is -0.322 e. The number of benzene rings is 3. The SMILES string of the molecule is Cc1cc(F)ccc1NC(=O)c1ccc(CNS(=O)(=O)c2ccc3c(c2)C(C)(C)C(=O)N3C)cc1. The van der Waals surface area contributed by atoms with Crippen LogP contribution < -0.4 is 14.9 Å². The van der Waals surface area contributed by atoms with Crippen molar-refractivity contribution < 1.29 is 22.4 Å². The van der Waals surface area contributed by atoms with Crippen molar-refractivity contribution >= 4 is 33.2 Å². The monoisotopic (exact) mass is 495 g/mol. The topological polar surface area (TPSA) is 95.6 Å². The van der Waals surface area contributed by atoms with Crippen molar-refractivity contribution in [2.75, 3.05) is 17.3 Å². The molecule has 1 aliphatic heterocycles. The number of hydrogen-bond donors (Lipinski definition) is 2. The van der Waals surface area contributed by atoms with Gasteiger partial charge in [0.15, 0.2) is 0 Å². The first-order valence-corrected chi connectivity index (χ1v) is 12.5. The van der Waals surface area contributed by atoms with E-state index in [1.807, 2.05) is 0 Å². The van der Waals surface area contributed by atoms with Gasteiger partial charge >= 0.3 is 0 Å². The third kappa shape index (κ3) is 4.69. The lowest BCUT2D eigenvalue weighted by Gasteiger charge is -2.17. The number of sulfonamides is 1. The van der Waals surface area contributed by atoms with Gasteiger partial charge in [-0.2, -0.15) is 0 Å². The second-order valence-corrected chi connectivity index (χ2v) is 10.9. The lowest BCUT2D eigenvalue weighted by Crippen LogP contribution is -2.33. The molecule has 0 saturated heterocycles. The highest BCUT2D eigenvalue weighted by molar-refractivity contribution is 7.89. The second-order valence-electron chi connectivity index (χ2n) is 9.10. The van der Waals surface area contributed by atoms with Gasteiger partial charge in [0, 0.05) is 30.5 Å². The summed E-state index contributed by atoms with van der Waals surface area (Å²) in [5.74, 6) is -0.822. The second kappa shape index (κ2) is 8.90. The minimum absolute atomic E-state index is 0.0284. The predicted octanol–water partition coefficient (Wildman–Crippen LogP) is 4.12. The van der Waals surface area contributed by atoms with Gasteiger partial charge in [0.25, 0.3) is 5.91 Å². The third-order valence-corrected chi connectivity index (χ3v) is 7.67. The quantitative estimate of drug-likeness (QED) is 0.538. The average Bonchev–Trinajstić information content (AvgIpc) is 2.99. The molecule has 1 heterocycles. The van der Waals surface area contributed by atoms with Crippen molar-refractivity contribution in [3.05, 3.63) is 88.7 Å². The Morgan fingerprint density at radius 3 is 2.37 bits per heavy atom. The Morgan fingerprint density at radius 2 is 1.71 bits per heavy atom. The molecule has 0 saturated carbocycles. The van der Waals surface area contributed by atoms with Crippen LogP contribution in [0.3, 0.4) is 0 Å². The number of anilines is 2. The van der Waals surface area contributed by atoms with Gasteiger partial charge < -0.3 is 10.2 Å². The molecule has 7 nitrogen and oxygen atoms in total. The van der Waals surface area contributed by atoms with E-state index in [0.29, 0.717) is 33.6 Å². The molecule has 0 atom stereocenters. The van der Waals surface area contributed by atoms with Crippen molar-refractivity contribution in [1.82, 2.24) is 4.72 Å². The van der Waals surface area contributed by atoms with E-state index in [9.17, 15) is 22.4 Å². The van der Waals surface area contributed by atoms with Crippen LogP contribution in [0, 0.1) is 12.7 Å². The molecule has 3 aromatic carbocycles. The van der Waals surface area contributed by atoms with Crippen molar-refractivity contribution in [1.29, 1.82) is 0 Å². The molecule has 2 amide bonds. The maximum Gasteiger partial charge on any atom is 0.255 e. The fourth-order valence-electron chi connectivity index (χ4n) is 4.12. The van der Waals surface area contributed by atoms with Crippen molar-refractivity contribution in [2.24, 2.45) is 0 Å². The molecule has 3 aromatic rings. The van der Waals surface area contributed by atoms with Gasteiger partial charge in [-0.25, -0.2) is 17.5 Å². The number of carbonyl (C=O) groups is 2. The van der Waals surface area contributed by atoms with Gasteiger partial charge in [0.1, 0.15) is 5.82 Å². The van der Waals surface area contributed by atoms with Gasteiger partial charge in [0.05, 0.1) is 10.3 Å². The van der Waals surface area contributed by atoms with E-state index in [4.69, 9.17) is 0 Å². The Labute approximate surface area is 204 Å². The molecule has 35 heavy (non-hydrogen) atoms. The number of amides is 2. The Morgan fingerprint density at radius 1 is 1.03 bits per heavy atom. The van der Waals surface area contributed by atoms with E-state index >= 15 is 0 Å². The van der Waals surface area contributed by atoms with Crippen LogP contribution in [0.2, 0.25) is 0 Å². The third-order valence-electron chi connectivity index (χ3n) is 6.27. The molecule has 0 aromatic heterocycles. The van der Waals surface area contributed by atoms with E-state index in [1.165, 1.54) is 29.2 Å².